The van der Waals surface area contributed by atoms with Gasteiger partial charge in [0.25, 0.3) is 0 Å². The average molecular weight is 288 g/mol. The molecule has 3 saturated carbocycles. The van der Waals surface area contributed by atoms with Crippen LogP contribution in [-0.4, -0.2) is 11.6 Å². The van der Waals surface area contributed by atoms with E-state index in [1.807, 2.05) is 0 Å². The van der Waals surface area contributed by atoms with Crippen LogP contribution in [0.3, 0.4) is 0 Å². The van der Waals surface area contributed by atoms with Crippen molar-refractivity contribution in [2.45, 2.75) is 65.4 Å². The highest BCUT2D eigenvalue weighted by Crippen LogP contribution is 2.70. The van der Waals surface area contributed by atoms with Crippen LogP contribution < -0.4 is 0 Å². The zero-order valence-electron chi connectivity index (χ0n) is 13.8. The number of hydrogen-bond donors (Lipinski definition) is 0. The number of fused-ring (bicyclic) bond motifs is 4. The molecule has 21 heavy (non-hydrogen) atoms. The Kier molecular flexibility index (Phi) is 2.60. The van der Waals surface area contributed by atoms with Crippen molar-refractivity contribution in [3.8, 4) is 0 Å². The molecule has 4 rings (SSSR count). The molecule has 6 unspecified atom stereocenters. The van der Waals surface area contributed by atoms with Crippen molar-refractivity contribution in [2.24, 2.45) is 34.5 Å². The van der Waals surface area contributed by atoms with Crippen LogP contribution in [0.15, 0.2) is 12.2 Å². The largest absolute Gasteiger partial charge is 0.459 e. The van der Waals surface area contributed by atoms with Crippen LogP contribution in [0, 0.1) is 34.5 Å². The lowest BCUT2D eigenvalue weighted by Crippen LogP contribution is -2.49. The molecule has 2 heteroatoms. The topological polar surface area (TPSA) is 26.3 Å². The van der Waals surface area contributed by atoms with Gasteiger partial charge in [-0.2, -0.15) is 0 Å². The number of rotatable bonds is 2. The monoisotopic (exact) mass is 288 g/mol. The Morgan fingerprint density at radius 1 is 1.14 bits per heavy atom. The van der Waals surface area contributed by atoms with E-state index in [-0.39, 0.29) is 28.3 Å². The second-order valence-electron chi connectivity index (χ2n) is 9.03. The molecule has 0 heterocycles. The lowest BCUT2D eigenvalue weighted by molar-refractivity contribution is -0.181. The van der Waals surface area contributed by atoms with Gasteiger partial charge in [0.05, 0.1) is 5.92 Å². The molecule has 0 aliphatic heterocycles. The van der Waals surface area contributed by atoms with E-state index in [1.165, 1.54) is 19.3 Å². The lowest BCUT2D eigenvalue weighted by Gasteiger charge is -2.46. The molecule has 0 aromatic rings. The number of carbonyl (C=O) groups excluding carboxylic acids is 1. The normalized spacial score (nSPS) is 52.6. The molecule has 2 nitrogen and oxygen atoms in total. The number of carbonyl (C=O) groups is 1. The number of ether oxygens (including phenoxy) is 1. The standard InChI is InChI=1S/C19H28O2/c1-17(2)14-7-8-18(17,3)19(4,11-14)21-16(20)15-10-12-5-6-13(15)9-12/h5-6,12-15H,7-11H2,1-4H3. The van der Waals surface area contributed by atoms with Crippen molar-refractivity contribution >= 4 is 5.97 Å². The van der Waals surface area contributed by atoms with E-state index in [0.29, 0.717) is 17.8 Å². The zero-order valence-corrected chi connectivity index (χ0v) is 13.8. The molecule has 116 valence electrons. The van der Waals surface area contributed by atoms with E-state index >= 15 is 0 Å². The first-order valence-corrected chi connectivity index (χ1v) is 8.68. The maximum Gasteiger partial charge on any atom is 0.310 e. The van der Waals surface area contributed by atoms with Gasteiger partial charge in [-0.15, -0.1) is 0 Å². The minimum Gasteiger partial charge on any atom is -0.459 e. The van der Waals surface area contributed by atoms with E-state index in [4.69, 9.17) is 4.74 Å². The van der Waals surface area contributed by atoms with Gasteiger partial charge < -0.3 is 4.74 Å². The van der Waals surface area contributed by atoms with Crippen molar-refractivity contribution < 1.29 is 9.53 Å². The highest BCUT2D eigenvalue weighted by atomic mass is 16.6. The summed E-state index contributed by atoms with van der Waals surface area (Å²) in [7, 11) is 0. The second kappa shape index (κ2) is 3.94. The third-order valence-corrected chi connectivity index (χ3v) is 8.15. The Bertz CT molecular complexity index is 520. The average Bonchev–Trinajstić information content (AvgIpc) is 3.11. The van der Waals surface area contributed by atoms with Gasteiger partial charge in [0, 0.05) is 5.41 Å². The number of hydrogen-bond acceptors (Lipinski definition) is 2. The van der Waals surface area contributed by atoms with Crippen LogP contribution >= 0.6 is 0 Å². The Labute approximate surface area is 128 Å². The second-order valence-corrected chi connectivity index (χ2v) is 9.03. The third kappa shape index (κ3) is 1.57. The summed E-state index contributed by atoms with van der Waals surface area (Å²) in [6, 6.07) is 0. The van der Waals surface area contributed by atoms with Gasteiger partial charge in [-0.25, -0.2) is 0 Å². The molecule has 0 aromatic heterocycles. The number of allylic oxidation sites excluding steroid dienone is 2. The van der Waals surface area contributed by atoms with Gasteiger partial charge in [-0.05, 0) is 62.2 Å². The molecule has 6 atom stereocenters. The predicted molar refractivity (Wildman–Crippen MR) is 82.6 cm³/mol. The van der Waals surface area contributed by atoms with Crippen LogP contribution in [0.25, 0.3) is 0 Å². The van der Waals surface area contributed by atoms with Gasteiger partial charge >= 0.3 is 5.97 Å². The van der Waals surface area contributed by atoms with E-state index in [2.05, 4.69) is 39.8 Å². The summed E-state index contributed by atoms with van der Waals surface area (Å²) >= 11 is 0. The van der Waals surface area contributed by atoms with Crippen molar-refractivity contribution in [3.05, 3.63) is 12.2 Å². The van der Waals surface area contributed by atoms with Crippen molar-refractivity contribution in [1.29, 1.82) is 0 Å². The molecule has 0 radical (unpaired) electrons. The van der Waals surface area contributed by atoms with Gasteiger partial charge in [-0.1, -0.05) is 32.9 Å². The Hall–Kier alpha value is -0.790. The Morgan fingerprint density at radius 2 is 1.90 bits per heavy atom. The first-order valence-electron chi connectivity index (χ1n) is 8.68. The summed E-state index contributed by atoms with van der Waals surface area (Å²) in [5, 5.41) is 0. The fourth-order valence-corrected chi connectivity index (χ4v) is 6.10. The minimum atomic E-state index is -0.262. The first kappa shape index (κ1) is 13.8. The minimum absolute atomic E-state index is 0.0823. The fourth-order valence-electron chi connectivity index (χ4n) is 6.10. The summed E-state index contributed by atoms with van der Waals surface area (Å²) < 4.78 is 6.24. The molecule has 0 spiro atoms. The molecule has 0 N–H and O–H groups in total. The lowest BCUT2D eigenvalue weighted by atomic mass is 9.65. The molecule has 0 aromatic carbocycles. The molecular weight excluding hydrogens is 260 g/mol. The summed E-state index contributed by atoms with van der Waals surface area (Å²) in [6.45, 7) is 9.32. The van der Waals surface area contributed by atoms with Crippen molar-refractivity contribution in [1.82, 2.24) is 0 Å². The Balaban J connectivity index is 1.55. The van der Waals surface area contributed by atoms with Gasteiger partial charge in [0.15, 0.2) is 0 Å². The maximum atomic E-state index is 12.8. The molecule has 4 aliphatic rings. The smallest absolute Gasteiger partial charge is 0.310 e. The van der Waals surface area contributed by atoms with Crippen LogP contribution in [0.2, 0.25) is 0 Å². The first-order chi connectivity index (χ1) is 9.77. The van der Waals surface area contributed by atoms with Crippen molar-refractivity contribution in [3.63, 3.8) is 0 Å². The van der Waals surface area contributed by atoms with Crippen LogP contribution in [0.4, 0.5) is 0 Å². The SMILES string of the molecule is CC1(OC(=O)C2CC3C=CC2C3)CC2CCC1(C)C2(C)C. The van der Waals surface area contributed by atoms with E-state index in [1.54, 1.807) is 0 Å². The molecule has 0 saturated heterocycles. The summed E-state index contributed by atoms with van der Waals surface area (Å²) in [5.41, 5.74) is 0.159. The summed E-state index contributed by atoms with van der Waals surface area (Å²) in [6.07, 6.45) is 10.3. The van der Waals surface area contributed by atoms with Gasteiger partial charge in [0.2, 0.25) is 0 Å². The molecular formula is C19H28O2. The van der Waals surface area contributed by atoms with Crippen LogP contribution in [0.5, 0.6) is 0 Å². The molecule has 3 fully saturated rings. The summed E-state index contributed by atoms with van der Waals surface area (Å²) in [5.74, 6) is 2.00. The third-order valence-electron chi connectivity index (χ3n) is 8.15. The summed E-state index contributed by atoms with van der Waals surface area (Å²) in [4.78, 5) is 12.8. The zero-order chi connectivity index (χ0) is 15.0. The van der Waals surface area contributed by atoms with Crippen molar-refractivity contribution in [2.75, 3.05) is 0 Å². The predicted octanol–water partition coefficient (Wildman–Crippen LogP) is 4.35. The van der Waals surface area contributed by atoms with Gasteiger partial charge in [0.1, 0.15) is 5.60 Å². The number of esters is 1. The van der Waals surface area contributed by atoms with Gasteiger partial charge in [-0.3, -0.25) is 4.79 Å². The molecule has 0 amide bonds. The maximum absolute atomic E-state index is 12.8. The highest BCUT2D eigenvalue weighted by molar-refractivity contribution is 5.74. The Morgan fingerprint density at radius 3 is 2.38 bits per heavy atom. The van der Waals surface area contributed by atoms with E-state index in [9.17, 15) is 4.79 Å². The van der Waals surface area contributed by atoms with Crippen LogP contribution in [-0.2, 0) is 9.53 Å². The molecule has 4 bridgehead atoms. The quantitative estimate of drug-likeness (QED) is 0.558. The van der Waals surface area contributed by atoms with E-state index < -0.39 is 0 Å². The highest BCUT2D eigenvalue weighted by Gasteiger charge is 2.69. The van der Waals surface area contributed by atoms with E-state index in [0.717, 1.165) is 12.8 Å². The molecule has 4 aliphatic carbocycles. The fraction of sp³-hybridized carbons (Fsp3) is 0.842. The van der Waals surface area contributed by atoms with Crippen LogP contribution in [0.1, 0.15) is 59.8 Å².